The van der Waals surface area contributed by atoms with E-state index in [4.69, 9.17) is 12.2 Å². The van der Waals surface area contributed by atoms with Crippen LogP contribution in [-0.4, -0.2) is 21.1 Å². The van der Waals surface area contributed by atoms with Crippen molar-refractivity contribution in [2.45, 2.75) is 13.3 Å². The lowest BCUT2D eigenvalue weighted by Crippen LogP contribution is -1.95. The molecule has 0 aliphatic carbocycles. The molecule has 3 aromatic rings. The first-order valence-electron chi connectivity index (χ1n) is 7.24. The lowest BCUT2D eigenvalue weighted by atomic mass is 10.1. The summed E-state index contributed by atoms with van der Waals surface area (Å²) in [6.45, 7) is 2.11. The number of aromatic amines is 1. The van der Waals surface area contributed by atoms with E-state index in [2.05, 4.69) is 34.4 Å². The highest BCUT2D eigenvalue weighted by Crippen LogP contribution is 2.17. The van der Waals surface area contributed by atoms with E-state index < -0.39 is 0 Å². The molecule has 4 nitrogen and oxygen atoms in total. The molecule has 2 aromatic carbocycles. The molecular weight excluding hydrogens is 311 g/mol. The lowest BCUT2D eigenvalue weighted by molar-refractivity contribution is 0.628. The van der Waals surface area contributed by atoms with Gasteiger partial charge < -0.3 is 0 Å². The van der Waals surface area contributed by atoms with Crippen LogP contribution in [0, 0.1) is 10.6 Å². The largest absolute Gasteiger partial charge is 0.250 e. The second-order valence-electron chi connectivity index (χ2n) is 5.01. The summed E-state index contributed by atoms with van der Waals surface area (Å²) in [6.07, 6.45) is 2.72. The molecule has 0 radical (unpaired) electrons. The van der Waals surface area contributed by atoms with Crippen LogP contribution in [0.2, 0.25) is 0 Å². The second-order valence-corrected chi connectivity index (χ2v) is 5.40. The van der Waals surface area contributed by atoms with Gasteiger partial charge in [0.25, 0.3) is 0 Å². The van der Waals surface area contributed by atoms with Crippen LogP contribution in [0.1, 0.15) is 18.1 Å². The molecule has 6 heteroatoms. The van der Waals surface area contributed by atoms with Crippen LogP contribution in [0.25, 0.3) is 11.4 Å². The van der Waals surface area contributed by atoms with Crippen molar-refractivity contribution in [1.82, 2.24) is 14.9 Å². The van der Waals surface area contributed by atoms with Crippen molar-refractivity contribution in [3.63, 3.8) is 0 Å². The first kappa shape index (κ1) is 15.3. The zero-order valence-electron chi connectivity index (χ0n) is 12.5. The maximum Gasteiger partial charge on any atom is 0.216 e. The van der Waals surface area contributed by atoms with Gasteiger partial charge in [-0.2, -0.15) is 14.9 Å². The van der Waals surface area contributed by atoms with Gasteiger partial charge in [0, 0.05) is 5.56 Å². The second kappa shape index (κ2) is 6.66. The highest BCUT2D eigenvalue weighted by molar-refractivity contribution is 7.71. The Bertz CT molecular complexity index is 876. The van der Waals surface area contributed by atoms with Gasteiger partial charge in [0.15, 0.2) is 5.82 Å². The van der Waals surface area contributed by atoms with Gasteiger partial charge in [-0.1, -0.05) is 31.2 Å². The van der Waals surface area contributed by atoms with E-state index in [-0.39, 0.29) is 5.82 Å². The molecule has 3 rings (SSSR count). The minimum Gasteiger partial charge on any atom is -0.250 e. The highest BCUT2D eigenvalue weighted by atomic mass is 32.1. The SMILES string of the molecule is CCc1ccc(/C=N\n2c(-c3ccc(F)cc3)n[nH]c2=S)cc1. The van der Waals surface area contributed by atoms with Crippen LogP contribution in [0.15, 0.2) is 53.6 Å². The van der Waals surface area contributed by atoms with Crippen molar-refractivity contribution in [2.24, 2.45) is 5.10 Å². The van der Waals surface area contributed by atoms with Gasteiger partial charge in [-0.15, -0.1) is 0 Å². The van der Waals surface area contributed by atoms with Gasteiger partial charge in [-0.25, -0.2) is 9.49 Å². The molecule has 1 N–H and O–H groups in total. The molecule has 0 bridgehead atoms. The molecule has 0 saturated heterocycles. The van der Waals surface area contributed by atoms with Gasteiger partial charge >= 0.3 is 0 Å². The number of halogens is 1. The maximum atomic E-state index is 13.1. The Morgan fingerprint density at radius 3 is 2.52 bits per heavy atom. The van der Waals surface area contributed by atoms with Crippen molar-refractivity contribution in [2.75, 3.05) is 0 Å². The van der Waals surface area contributed by atoms with E-state index >= 15 is 0 Å². The normalized spacial score (nSPS) is 11.2. The van der Waals surface area contributed by atoms with Crippen molar-refractivity contribution >= 4 is 18.4 Å². The number of benzene rings is 2. The Kier molecular flexibility index (Phi) is 4.43. The predicted molar refractivity (Wildman–Crippen MR) is 91.6 cm³/mol. The molecule has 0 amide bonds. The molecular formula is C17H15FN4S. The summed E-state index contributed by atoms with van der Waals surface area (Å²) in [5, 5.41) is 11.3. The molecule has 1 aromatic heterocycles. The number of hydrogen-bond donors (Lipinski definition) is 1. The number of rotatable bonds is 4. The van der Waals surface area contributed by atoms with E-state index in [1.807, 2.05) is 12.1 Å². The monoisotopic (exact) mass is 326 g/mol. The van der Waals surface area contributed by atoms with Crippen LogP contribution >= 0.6 is 12.2 Å². The summed E-state index contributed by atoms with van der Waals surface area (Å²) in [6, 6.07) is 14.2. The van der Waals surface area contributed by atoms with E-state index in [0.29, 0.717) is 10.6 Å². The quantitative estimate of drug-likeness (QED) is 0.577. The molecule has 1 heterocycles. The van der Waals surface area contributed by atoms with Crippen molar-refractivity contribution in [3.8, 4) is 11.4 Å². The van der Waals surface area contributed by atoms with E-state index in [0.717, 1.165) is 17.5 Å². The fourth-order valence-corrected chi connectivity index (χ4v) is 2.33. The molecule has 0 aliphatic heterocycles. The summed E-state index contributed by atoms with van der Waals surface area (Å²) >= 11 is 5.21. The van der Waals surface area contributed by atoms with Crippen LogP contribution in [0.5, 0.6) is 0 Å². The Hall–Kier alpha value is -2.60. The number of H-pyrrole nitrogens is 1. The van der Waals surface area contributed by atoms with Crippen molar-refractivity contribution in [1.29, 1.82) is 0 Å². The molecule has 0 aliphatic rings. The van der Waals surface area contributed by atoms with Gasteiger partial charge in [0.05, 0.1) is 6.21 Å². The average molecular weight is 326 g/mol. The van der Waals surface area contributed by atoms with Crippen LogP contribution in [0.4, 0.5) is 4.39 Å². The molecule has 0 saturated carbocycles. The van der Waals surface area contributed by atoms with Crippen LogP contribution in [-0.2, 0) is 6.42 Å². The van der Waals surface area contributed by atoms with E-state index in [1.54, 1.807) is 18.3 Å². The Morgan fingerprint density at radius 1 is 1.17 bits per heavy atom. The molecule has 116 valence electrons. The van der Waals surface area contributed by atoms with Gasteiger partial charge in [-0.3, -0.25) is 0 Å². The zero-order chi connectivity index (χ0) is 16.2. The zero-order valence-corrected chi connectivity index (χ0v) is 13.3. The minimum absolute atomic E-state index is 0.297. The Morgan fingerprint density at radius 2 is 1.87 bits per heavy atom. The Balaban J connectivity index is 1.93. The maximum absolute atomic E-state index is 13.1. The fraction of sp³-hybridized carbons (Fsp3) is 0.118. The van der Waals surface area contributed by atoms with Gasteiger partial charge in [-0.05, 0) is 54.0 Å². The van der Waals surface area contributed by atoms with Crippen molar-refractivity contribution in [3.05, 3.63) is 70.2 Å². The highest BCUT2D eigenvalue weighted by Gasteiger charge is 2.07. The average Bonchev–Trinajstić information content (AvgIpc) is 2.95. The molecule has 0 unspecified atom stereocenters. The number of hydrogen-bond acceptors (Lipinski definition) is 3. The first-order chi connectivity index (χ1) is 11.2. The number of nitrogens with zero attached hydrogens (tertiary/aromatic N) is 3. The number of nitrogens with one attached hydrogen (secondary N) is 1. The first-order valence-corrected chi connectivity index (χ1v) is 7.65. The predicted octanol–water partition coefficient (Wildman–Crippen LogP) is 4.19. The van der Waals surface area contributed by atoms with Crippen molar-refractivity contribution < 1.29 is 4.39 Å². The van der Waals surface area contributed by atoms with Crippen LogP contribution in [0.3, 0.4) is 0 Å². The summed E-state index contributed by atoms with van der Waals surface area (Å²) in [5.74, 6) is 0.241. The molecule has 0 fully saturated rings. The standard InChI is InChI=1S/C17H15FN4S/c1-2-12-3-5-13(6-4-12)11-19-22-16(20-21-17(22)23)14-7-9-15(18)10-8-14/h3-11H,2H2,1H3,(H,21,23)/b19-11-. The summed E-state index contributed by atoms with van der Waals surface area (Å²) < 4.78 is 15.0. The Labute approximate surface area is 138 Å². The van der Waals surface area contributed by atoms with Gasteiger partial charge in [0.1, 0.15) is 5.82 Å². The molecule has 23 heavy (non-hydrogen) atoms. The molecule has 0 spiro atoms. The summed E-state index contributed by atoms with van der Waals surface area (Å²) in [4.78, 5) is 0. The summed E-state index contributed by atoms with van der Waals surface area (Å²) in [5.41, 5.74) is 2.97. The van der Waals surface area contributed by atoms with E-state index in [9.17, 15) is 4.39 Å². The topological polar surface area (TPSA) is 46.0 Å². The summed E-state index contributed by atoms with van der Waals surface area (Å²) in [7, 11) is 0. The number of aromatic nitrogens is 3. The lowest BCUT2D eigenvalue weighted by Gasteiger charge is -2.01. The van der Waals surface area contributed by atoms with Gasteiger partial charge in [0.2, 0.25) is 4.77 Å². The van der Waals surface area contributed by atoms with E-state index in [1.165, 1.54) is 22.4 Å². The third-order valence-corrected chi connectivity index (χ3v) is 3.73. The third kappa shape index (κ3) is 3.43. The fourth-order valence-electron chi connectivity index (χ4n) is 2.15. The minimum atomic E-state index is -0.297. The smallest absolute Gasteiger partial charge is 0.216 e. The third-order valence-electron chi connectivity index (χ3n) is 3.46. The molecule has 0 atom stereocenters. The number of aryl methyl sites for hydroxylation is 1. The van der Waals surface area contributed by atoms with Crippen LogP contribution < -0.4 is 0 Å².